The van der Waals surface area contributed by atoms with Crippen molar-refractivity contribution >= 4 is 5.91 Å². The van der Waals surface area contributed by atoms with Crippen LogP contribution in [0.1, 0.15) is 32.1 Å². The second-order valence-corrected chi connectivity index (χ2v) is 4.80. The number of rotatable bonds is 5. The van der Waals surface area contributed by atoms with E-state index in [1.54, 1.807) is 0 Å². The van der Waals surface area contributed by atoms with Crippen LogP contribution in [0.4, 0.5) is 0 Å². The third-order valence-electron chi connectivity index (χ3n) is 3.18. The largest absolute Gasteiger partial charge is 0.396 e. The van der Waals surface area contributed by atoms with Gasteiger partial charge in [-0.1, -0.05) is 0 Å². The predicted molar refractivity (Wildman–Crippen MR) is 64.2 cm³/mol. The number of aliphatic hydroxyl groups excluding tert-OH is 1. The van der Waals surface area contributed by atoms with Crippen molar-refractivity contribution in [2.24, 2.45) is 0 Å². The Morgan fingerprint density at radius 2 is 2.19 bits per heavy atom. The molecule has 0 saturated carbocycles. The van der Waals surface area contributed by atoms with Gasteiger partial charge < -0.3 is 14.9 Å². The third kappa shape index (κ3) is 4.10. The van der Waals surface area contributed by atoms with Crippen LogP contribution in [0.2, 0.25) is 0 Å². The van der Waals surface area contributed by atoms with Crippen molar-refractivity contribution < 1.29 is 9.90 Å². The molecular weight excluding hydrogens is 204 g/mol. The number of likely N-dealkylation sites (tertiary alicyclic amines) is 1. The van der Waals surface area contributed by atoms with Crippen LogP contribution in [0.5, 0.6) is 0 Å². The number of nitrogens with zero attached hydrogens (tertiary/aromatic N) is 2. The Kier molecular flexibility index (Phi) is 5.77. The molecule has 1 fully saturated rings. The van der Waals surface area contributed by atoms with E-state index in [1.165, 1.54) is 6.42 Å². The van der Waals surface area contributed by atoms with Gasteiger partial charge in [0.05, 0.1) is 0 Å². The number of carbonyl (C=O) groups is 1. The maximum atomic E-state index is 12.0. The highest BCUT2D eigenvalue weighted by Gasteiger charge is 2.25. The van der Waals surface area contributed by atoms with Crippen LogP contribution in [-0.4, -0.2) is 60.6 Å². The normalized spacial score (nSPS) is 21.5. The molecule has 1 heterocycles. The van der Waals surface area contributed by atoms with Crippen molar-refractivity contribution in [2.75, 3.05) is 33.8 Å². The molecule has 1 aliphatic heterocycles. The van der Waals surface area contributed by atoms with E-state index >= 15 is 0 Å². The number of aliphatic hydroxyl groups is 1. The summed E-state index contributed by atoms with van der Waals surface area (Å²) >= 11 is 0. The maximum Gasteiger partial charge on any atom is 0.224 e. The summed E-state index contributed by atoms with van der Waals surface area (Å²) in [6, 6.07) is 0.272. The Balaban J connectivity index is 2.43. The average molecular weight is 228 g/mol. The lowest BCUT2D eigenvalue weighted by Crippen LogP contribution is -2.44. The molecule has 4 nitrogen and oxygen atoms in total. The molecule has 0 aromatic heterocycles. The summed E-state index contributed by atoms with van der Waals surface area (Å²) in [7, 11) is 3.96. The lowest BCUT2D eigenvalue weighted by Gasteiger charge is -2.36. The van der Waals surface area contributed by atoms with Crippen LogP contribution in [-0.2, 0) is 4.79 Å². The average Bonchev–Trinajstić information content (AvgIpc) is 2.27. The minimum Gasteiger partial charge on any atom is -0.396 e. The van der Waals surface area contributed by atoms with E-state index in [0.717, 1.165) is 32.4 Å². The van der Waals surface area contributed by atoms with Gasteiger partial charge in [0.25, 0.3) is 0 Å². The highest BCUT2D eigenvalue weighted by molar-refractivity contribution is 5.76. The van der Waals surface area contributed by atoms with Gasteiger partial charge in [0.2, 0.25) is 5.91 Å². The molecule has 16 heavy (non-hydrogen) atoms. The van der Waals surface area contributed by atoms with Crippen LogP contribution in [0, 0.1) is 0 Å². The second-order valence-electron chi connectivity index (χ2n) is 4.80. The lowest BCUT2D eigenvalue weighted by atomic mass is 9.99. The smallest absolute Gasteiger partial charge is 0.224 e. The minimum atomic E-state index is 0.183. The molecule has 1 rings (SSSR count). The molecule has 94 valence electrons. The van der Waals surface area contributed by atoms with Crippen LogP contribution >= 0.6 is 0 Å². The molecule has 0 aliphatic carbocycles. The van der Waals surface area contributed by atoms with Crippen molar-refractivity contribution in [3.05, 3.63) is 0 Å². The third-order valence-corrected chi connectivity index (χ3v) is 3.18. The molecule has 1 amide bonds. The first-order valence-electron chi connectivity index (χ1n) is 6.20. The molecule has 0 aromatic carbocycles. The van der Waals surface area contributed by atoms with E-state index in [1.807, 2.05) is 23.9 Å². The molecular formula is C12H24N2O2. The zero-order valence-corrected chi connectivity index (χ0v) is 10.5. The summed E-state index contributed by atoms with van der Waals surface area (Å²) in [6.07, 6.45) is 4.66. The quantitative estimate of drug-likeness (QED) is 0.753. The van der Waals surface area contributed by atoms with Gasteiger partial charge in [-0.15, -0.1) is 0 Å². The van der Waals surface area contributed by atoms with Gasteiger partial charge in [-0.25, -0.2) is 0 Å². The van der Waals surface area contributed by atoms with Crippen LogP contribution in [0.15, 0.2) is 0 Å². The molecule has 0 aromatic rings. The van der Waals surface area contributed by atoms with Crippen LogP contribution < -0.4 is 0 Å². The van der Waals surface area contributed by atoms with E-state index in [-0.39, 0.29) is 18.6 Å². The number of piperidine rings is 1. The molecule has 1 saturated heterocycles. The standard InChI is InChI=1S/C12H24N2O2/c1-13(2)9-6-12(16)14-8-4-3-5-11(14)7-10-15/h11,15H,3-10H2,1-2H3. The highest BCUT2D eigenvalue weighted by atomic mass is 16.3. The highest BCUT2D eigenvalue weighted by Crippen LogP contribution is 2.20. The van der Waals surface area contributed by atoms with Crippen molar-refractivity contribution in [1.82, 2.24) is 9.80 Å². The van der Waals surface area contributed by atoms with Gasteiger partial charge in [0, 0.05) is 32.2 Å². The van der Waals surface area contributed by atoms with Crippen LogP contribution in [0.3, 0.4) is 0 Å². The number of hydrogen-bond donors (Lipinski definition) is 1. The van der Waals surface area contributed by atoms with E-state index < -0.39 is 0 Å². The SMILES string of the molecule is CN(C)CCC(=O)N1CCCCC1CCO. The van der Waals surface area contributed by atoms with Crippen molar-refractivity contribution in [2.45, 2.75) is 38.1 Å². The van der Waals surface area contributed by atoms with E-state index in [4.69, 9.17) is 5.11 Å². The molecule has 0 bridgehead atoms. The van der Waals surface area contributed by atoms with E-state index in [2.05, 4.69) is 0 Å². The minimum absolute atomic E-state index is 0.183. The fraction of sp³-hybridized carbons (Fsp3) is 0.917. The second kappa shape index (κ2) is 6.86. The van der Waals surface area contributed by atoms with Crippen LogP contribution in [0.25, 0.3) is 0 Å². The van der Waals surface area contributed by atoms with Gasteiger partial charge in [0.15, 0.2) is 0 Å². The lowest BCUT2D eigenvalue weighted by molar-refractivity contribution is -0.135. The van der Waals surface area contributed by atoms with Gasteiger partial charge >= 0.3 is 0 Å². The zero-order chi connectivity index (χ0) is 12.0. The molecule has 0 radical (unpaired) electrons. The zero-order valence-electron chi connectivity index (χ0n) is 10.5. The maximum absolute atomic E-state index is 12.0. The van der Waals surface area contributed by atoms with E-state index in [0.29, 0.717) is 6.42 Å². The summed E-state index contributed by atoms with van der Waals surface area (Å²) in [5, 5.41) is 8.99. The molecule has 0 spiro atoms. The summed E-state index contributed by atoms with van der Waals surface area (Å²) in [6.45, 7) is 1.86. The Morgan fingerprint density at radius 1 is 1.44 bits per heavy atom. The first-order valence-corrected chi connectivity index (χ1v) is 6.20. The Morgan fingerprint density at radius 3 is 2.81 bits per heavy atom. The van der Waals surface area contributed by atoms with Crippen molar-refractivity contribution in [3.63, 3.8) is 0 Å². The summed E-state index contributed by atoms with van der Waals surface area (Å²) in [4.78, 5) is 16.0. The fourth-order valence-electron chi connectivity index (χ4n) is 2.24. The van der Waals surface area contributed by atoms with Crippen molar-refractivity contribution in [1.29, 1.82) is 0 Å². The monoisotopic (exact) mass is 228 g/mol. The fourth-order valence-corrected chi connectivity index (χ4v) is 2.24. The Bertz CT molecular complexity index is 217. The molecule has 1 N–H and O–H groups in total. The van der Waals surface area contributed by atoms with E-state index in [9.17, 15) is 4.79 Å². The number of amides is 1. The Labute approximate surface area is 98.2 Å². The summed E-state index contributed by atoms with van der Waals surface area (Å²) in [5.41, 5.74) is 0. The molecule has 1 atom stereocenters. The number of hydrogen-bond acceptors (Lipinski definition) is 3. The molecule has 1 aliphatic rings. The van der Waals surface area contributed by atoms with Gasteiger partial charge in [-0.05, 0) is 39.8 Å². The van der Waals surface area contributed by atoms with Gasteiger partial charge in [0.1, 0.15) is 0 Å². The van der Waals surface area contributed by atoms with Gasteiger partial charge in [-0.2, -0.15) is 0 Å². The molecule has 1 unspecified atom stereocenters. The molecule has 4 heteroatoms. The van der Waals surface area contributed by atoms with Gasteiger partial charge in [-0.3, -0.25) is 4.79 Å². The Hall–Kier alpha value is -0.610. The first-order chi connectivity index (χ1) is 7.65. The summed E-state index contributed by atoms with van der Waals surface area (Å²) in [5.74, 6) is 0.242. The predicted octanol–water partition coefficient (Wildman–Crippen LogP) is 0.702. The van der Waals surface area contributed by atoms with Crippen molar-refractivity contribution in [3.8, 4) is 0 Å². The topological polar surface area (TPSA) is 43.8 Å². The first kappa shape index (κ1) is 13.5. The summed E-state index contributed by atoms with van der Waals surface area (Å²) < 4.78 is 0. The number of carbonyl (C=O) groups excluding carboxylic acids is 1.